The van der Waals surface area contributed by atoms with Crippen molar-refractivity contribution in [2.75, 3.05) is 5.73 Å². The molecular weight excluding hydrogens is 214 g/mol. The molecule has 1 aromatic carbocycles. The second-order valence-corrected chi connectivity index (χ2v) is 4.30. The van der Waals surface area contributed by atoms with Crippen LogP contribution in [-0.4, -0.2) is 9.97 Å². The zero-order valence-corrected chi connectivity index (χ0v) is 9.90. The first-order chi connectivity index (χ1) is 8.06. The van der Waals surface area contributed by atoms with Gasteiger partial charge >= 0.3 is 0 Å². The molecule has 0 aliphatic heterocycles. The van der Waals surface area contributed by atoms with Gasteiger partial charge in [0, 0.05) is 11.6 Å². The molecule has 0 atom stereocenters. The fourth-order valence-corrected chi connectivity index (χ4v) is 1.64. The average Bonchev–Trinajstić information content (AvgIpc) is 2.28. The summed E-state index contributed by atoms with van der Waals surface area (Å²) in [5.41, 5.74) is 7.42. The SMILES string of the molecule is CC(C)c1ccc(-c2nc(N)cc(=O)[nH]2)cc1. The maximum absolute atomic E-state index is 11.3. The van der Waals surface area contributed by atoms with Gasteiger partial charge in [0.15, 0.2) is 0 Å². The predicted octanol–water partition coefficient (Wildman–Crippen LogP) is 2.14. The molecule has 1 heterocycles. The molecule has 4 heteroatoms. The topological polar surface area (TPSA) is 71.8 Å². The van der Waals surface area contributed by atoms with Crippen LogP contribution in [0.25, 0.3) is 11.4 Å². The summed E-state index contributed by atoms with van der Waals surface area (Å²) in [7, 11) is 0. The maximum Gasteiger partial charge on any atom is 0.253 e. The Labute approximate surface area is 99.5 Å². The number of nitrogens with zero attached hydrogens (tertiary/aromatic N) is 1. The second-order valence-electron chi connectivity index (χ2n) is 4.30. The highest BCUT2D eigenvalue weighted by atomic mass is 16.1. The Morgan fingerprint density at radius 2 is 1.88 bits per heavy atom. The Kier molecular flexibility index (Phi) is 2.95. The largest absolute Gasteiger partial charge is 0.383 e. The van der Waals surface area contributed by atoms with E-state index in [9.17, 15) is 4.79 Å². The number of H-pyrrole nitrogens is 1. The molecule has 0 amide bonds. The lowest BCUT2D eigenvalue weighted by molar-refractivity contribution is 0.867. The van der Waals surface area contributed by atoms with Gasteiger partial charge in [-0.15, -0.1) is 0 Å². The number of aromatic amines is 1. The molecule has 0 radical (unpaired) electrons. The maximum atomic E-state index is 11.3. The van der Waals surface area contributed by atoms with Crippen LogP contribution in [0.3, 0.4) is 0 Å². The third kappa shape index (κ3) is 2.53. The van der Waals surface area contributed by atoms with Gasteiger partial charge < -0.3 is 10.7 Å². The van der Waals surface area contributed by atoms with Crippen molar-refractivity contribution in [3.63, 3.8) is 0 Å². The molecule has 0 bridgehead atoms. The van der Waals surface area contributed by atoms with Crippen LogP contribution in [0.5, 0.6) is 0 Å². The highest BCUT2D eigenvalue weighted by Gasteiger charge is 2.03. The van der Waals surface area contributed by atoms with E-state index in [1.54, 1.807) is 0 Å². The van der Waals surface area contributed by atoms with E-state index in [4.69, 9.17) is 5.73 Å². The van der Waals surface area contributed by atoms with Gasteiger partial charge in [0.05, 0.1) is 0 Å². The van der Waals surface area contributed by atoms with Crippen molar-refractivity contribution in [3.8, 4) is 11.4 Å². The van der Waals surface area contributed by atoms with Crippen LogP contribution in [0.4, 0.5) is 5.82 Å². The van der Waals surface area contributed by atoms with Crippen molar-refractivity contribution in [2.45, 2.75) is 19.8 Å². The fraction of sp³-hybridized carbons (Fsp3) is 0.231. The van der Waals surface area contributed by atoms with Crippen molar-refractivity contribution < 1.29 is 0 Å². The summed E-state index contributed by atoms with van der Waals surface area (Å²) in [5.74, 6) is 1.22. The van der Waals surface area contributed by atoms with Gasteiger partial charge in [0.1, 0.15) is 11.6 Å². The fourth-order valence-electron chi connectivity index (χ4n) is 1.64. The zero-order valence-electron chi connectivity index (χ0n) is 9.90. The van der Waals surface area contributed by atoms with E-state index in [1.807, 2.05) is 24.3 Å². The minimum absolute atomic E-state index is 0.233. The molecule has 0 fully saturated rings. The van der Waals surface area contributed by atoms with Crippen molar-refractivity contribution in [1.29, 1.82) is 0 Å². The van der Waals surface area contributed by atoms with E-state index in [2.05, 4.69) is 23.8 Å². The van der Waals surface area contributed by atoms with E-state index >= 15 is 0 Å². The molecule has 2 aromatic rings. The monoisotopic (exact) mass is 229 g/mol. The first kappa shape index (κ1) is 11.4. The first-order valence-corrected chi connectivity index (χ1v) is 5.53. The molecular formula is C13H15N3O. The number of nitrogens with two attached hydrogens (primary N) is 1. The molecule has 1 aromatic heterocycles. The Bertz CT molecular complexity index is 570. The van der Waals surface area contributed by atoms with Gasteiger partial charge in [-0.2, -0.15) is 0 Å². The smallest absolute Gasteiger partial charge is 0.253 e. The summed E-state index contributed by atoms with van der Waals surface area (Å²) >= 11 is 0. The summed E-state index contributed by atoms with van der Waals surface area (Å²) in [6.45, 7) is 4.27. The van der Waals surface area contributed by atoms with Crippen LogP contribution in [0, 0.1) is 0 Å². The Morgan fingerprint density at radius 1 is 1.24 bits per heavy atom. The normalized spacial score (nSPS) is 10.8. The zero-order chi connectivity index (χ0) is 12.4. The Balaban J connectivity index is 2.43. The number of hydrogen-bond donors (Lipinski definition) is 2. The molecule has 17 heavy (non-hydrogen) atoms. The highest BCUT2D eigenvalue weighted by molar-refractivity contribution is 5.56. The van der Waals surface area contributed by atoms with Crippen LogP contribution in [-0.2, 0) is 0 Å². The van der Waals surface area contributed by atoms with Gasteiger partial charge in [-0.3, -0.25) is 4.79 Å². The average molecular weight is 229 g/mol. The number of nitrogen functional groups attached to an aromatic ring is 1. The van der Waals surface area contributed by atoms with E-state index in [1.165, 1.54) is 11.6 Å². The number of hydrogen-bond acceptors (Lipinski definition) is 3. The molecule has 88 valence electrons. The molecule has 0 saturated heterocycles. The number of anilines is 1. The van der Waals surface area contributed by atoms with Crippen LogP contribution < -0.4 is 11.3 Å². The Hall–Kier alpha value is -2.10. The molecule has 3 N–H and O–H groups in total. The second kappa shape index (κ2) is 4.41. The van der Waals surface area contributed by atoms with Crippen molar-refractivity contribution in [3.05, 3.63) is 46.2 Å². The van der Waals surface area contributed by atoms with Crippen molar-refractivity contribution >= 4 is 5.82 Å². The number of nitrogens with one attached hydrogen (secondary N) is 1. The molecule has 0 aliphatic rings. The van der Waals surface area contributed by atoms with Crippen molar-refractivity contribution in [2.24, 2.45) is 0 Å². The quantitative estimate of drug-likeness (QED) is 0.828. The van der Waals surface area contributed by atoms with Crippen LogP contribution in [0.15, 0.2) is 35.1 Å². The summed E-state index contributed by atoms with van der Waals surface area (Å²) in [5, 5.41) is 0. The van der Waals surface area contributed by atoms with E-state index in [0.717, 1.165) is 5.56 Å². The molecule has 0 unspecified atom stereocenters. The van der Waals surface area contributed by atoms with Gasteiger partial charge in [-0.25, -0.2) is 4.98 Å². The molecule has 4 nitrogen and oxygen atoms in total. The third-order valence-electron chi connectivity index (χ3n) is 2.61. The van der Waals surface area contributed by atoms with Crippen LogP contribution in [0.2, 0.25) is 0 Å². The van der Waals surface area contributed by atoms with E-state index in [0.29, 0.717) is 11.7 Å². The highest BCUT2D eigenvalue weighted by Crippen LogP contribution is 2.19. The lowest BCUT2D eigenvalue weighted by atomic mass is 10.0. The number of benzene rings is 1. The van der Waals surface area contributed by atoms with Gasteiger partial charge in [0.25, 0.3) is 5.56 Å². The predicted molar refractivity (Wildman–Crippen MR) is 68.8 cm³/mol. The lowest BCUT2D eigenvalue weighted by Gasteiger charge is -2.06. The molecule has 2 rings (SSSR count). The van der Waals surface area contributed by atoms with Crippen LogP contribution >= 0.6 is 0 Å². The summed E-state index contributed by atoms with van der Waals surface area (Å²) < 4.78 is 0. The molecule has 0 aliphatic carbocycles. The minimum Gasteiger partial charge on any atom is -0.383 e. The van der Waals surface area contributed by atoms with E-state index < -0.39 is 0 Å². The molecule has 0 saturated carbocycles. The summed E-state index contributed by atoms with van der Waals surface area (Å²) in [6, 6.07) is 9.21. The van der Waals surface area contributed by atoms with Crippen LogP contribution in [0.1, 0.15) is 25.3 Å². The standard InChI is InChI=1S/C13H15N3O/c1-8(2)9-3-5-10(6-4-9)13-15-11(14)7-12(17)16-13/h3-8H,1-2H3,(H3,14,15,16,17). The lowest BCUT2D eigenvalue weighted by Crippen LogP contribution is -2.09. The van der Waals surface area contributed by atoms with Gasteiger partial charge in [-0.1, -0.05) is 38.1 Å². The number of aromatic nitrogens is 2. The van der Waals surface area contributed by atoms with Crippen molar-refractivity contribution in [1.82, 2.24) is 9.97 Å². The summed E-state index contributed by atoms with van der Waals surface area (Å²) in [4.78, 5) is 18.1. The van der Waals surface area contributed by atoms with E-state index in [-0.39, 0.29) is 11.4 Å². The van der Waals surface area contributed by atoms with Gasteiger partial charge in [-0.05, 0) is 11.5 Å². The summed E-state index contributed by atoms with van der Waals surface area (Å²) in [6.07, 6.45) is 0. The molecule has 0 spiro atoms. The number of rotatable bonds is 2. The minimum atomic E-state index is -0.236. The third-order valence-corrected chi connectivity index (χ3v) is 2.61. The first-order valence-electron chi connectivity index (χ1n) is 5.53. The van der Waals surface area contributed by atoms with Gasteiger partial charge in [0.2, 0.25) is 0 Å². The Morgan fingerprint density at radius 3 is 2.41 bits per heavy atom.